The molecule has 8 heteroatoms. The molecule has 0 saturated carbocycles. The summed E-state index contributed by atoms with van der Waals surface area (Å²) in [6.45, 7) is 4.78. The maximum absolute atomic E-state index is 12.0. The average Bonchev–Trinajstić information content (AvgIpc) is 2.52. The number of carbonyl (C=O) groups is 3. The molecule has 1 aromatic rings. The first kappa shape index (κ1) is 20.3. The van der Waals surface area contributed by atoms with E-state index in [-0.39, 0.29) is 13.2 Å². The van der Waals surface area contributed by atoms with E-state index < -0.39 is 29.8 Å². The molecular weight excluding hydrogens is 328 g/mol. The van der Waals surface area contributed by atoms with Gasteiger partial charge in [0, 0.05) is 7.05 Å². The standard InChI is InChI=1S/C17H24N2O6/c1-17(2,3)25-16(23)19(4)13(14(20)21)10-18-15(22)24-11-12-8-6-5-7-9-12/h5-9,13H,10-11H2,1-4H3,(H,18,22)(H,20,21)/t13-/m0/s1. The van der Waals surface area contributed by atoms with E-state index in [0.717, 1.165) is 10.5 Å². The van der Waals surface area contributed by atoms with Gasteiger partial charge in [0.15, 0.2) is 0 Å². The van der Waals surface area contributed by atoms with Crippen LogP contribution in [0.2, 0.25) is 0 Å². The minimum Gasteiger partial charge on any atom is -0.480 e. The second-order valence-electron chi connectivity index (χ2n) is 6.39. The molecule has 0 aliphatic carbocycles. The monoisotopic (exact) mass is 352 g/mol. The molecule has 0 aliphatic rings. The minimum atomic E-state index is -1.28. The molecule has 0 unspecified atom stereocenters. The van der Waals surface area contributed by atoms with Crippen LogP contribution < -0.4 is 5.32 Å². The first-order valence-electron chi connectivity index (χ1n) is 7.73. The van der Waals surface area contributed by atoms with Crippen LogP contribution in [-0.2, 0) is 20.9 Å². The lowest BCUT2D eigenvalue weighted by molar-refractivity contribution is -0.142. The van der Waals surface area contributed by atoms with Gasteiger partial charge in [-0.05, 0) is 26.3 Å². The highest BCUT2D eigenvalue weighted by molar-refractivity contribution is 5.81. The van der Waals surface area contributed by atoms with E-state index in [4.69, 9.17) is 9.47 Å². The molecule has 0 aliphatic heterocycles. The van der Waals surface area contributed by atoms with E-state index in [1.165, 1.54) is 7.05 Å². The van der Waals surface area contributed by atoms with Crippen LogP contribution in [0.5, 0.6) is 0 Å². The maximum atomic E-state index is 12.0. The zero-order valence-corrected chi connectivity index (χ0v) is 14.8. The number of hydrogen-bond donors (Lipinski definition) is 2. The Morgan fingerprint density at radius 1 is 1.20 bits per heavy atom. The number of likely N-dealkylation sites (N-methyl/N-ethyl adjacent to an activating group) is 1. The molecule has 1 rings (SSSR count). The zero-order valence-electron chi connectivity index (χ0n) is 14.8. The van der Waals surface area contributed by atoms with E-state index >= 15 is 0 Å². The van der Waals surface area contributed by atoms with Crippen LogP contribution in [-0.4, -0.2) is 53.4 Å². The lowest BCUT2D eigenvalue weighted by Crippen LogP contribution is -2.50. The van der Waals surface area contributed by atoms with Crippen molar-refractivity contribution in [2.24, 2.45) is 0 Å². The molecule has 25 heavy (non-hydrogen) atoms. The van der Waals surface area contributed by atoms with Crippen molar-refractivity contribution in [2.75, 3.05) is 13.6 Å². The first-order valence-corrected chi connectivity index (χ1v) is 7.73. The van der Waals surface area contributed by atoms with Crippen LogP contribution in [0.15, 0.2) is 30.3 Å². The number of carbonyl (C=O) groups excluding carboxylic acids is 2. The molecule has 2 amide bonds. The number of aliphatic carboxylic acids is 1. The summed E-state index contributed by atoms with van der Waals surface area (Å²) >= 11 is 0. The Hall–Kier alpha value is -2.77. The summed E-state index contributed by atoms with van der Waals surface area (Å²) in [6, 6.07) is 7.78. The summed E-state index contributed by atoms with van der Waals surface area (Å²) in [5, 5.41) is 11.6. The van der Waals surface area contributed by atoms with Gasteiger partial charge in [-0.2, -0.15) is 0 Å². The van der Waals surface area contributed by atoms with Crippen molar-refractivity contribution in [1.29, 1.82) is 0 Å². The topological polar surface area (TPSA) is 105 Å². The summed E-state index contributed by atoms with van der Waals surface area (Å²) in [4.78, 5) is 35.9. The highest BCUT2D eigenvalue weighted by Gasteiger charge is 2.30. The Morgan fingerprint density at radius 3 is 2.32 bits per heavy atom. The van der Waals surface area contributed by atoms with E-state index in [9.17, 15) is 19.5 Å². The number of benzene rings is 1. The third-order valence-corrected chi connectivity index (χ3v) is 3.09. The van der Waals surface area contributed by atoms with E-state index in [2.05, 4.69) is 5.32 Å². The maximum Gasteiger partial charge on any atom is 0.410 e. The van der Waals surface area contributed by atoms with Crippen molar-refractivity contribution in [2.45, 2.75) is 39.0 Å². The van der Waals surface area contributed by atoms with Gasteiger partial charge in [-0.25, -0.2) is 14.4 Å². The number of amides is 2. The van der Waals surface area contributed by atoms with Gasteiger partial charge < -0.3 is 19.9 Å². The van der Waals surface area contributed by atoms with Gasteiger partial charge in [0.1, 0.15) is 18.2 Å². The molecule has 0 bridgehead atoms. The van der Waals surface area contributed by atoms with Gasteiger partial charge in [-0.3, -0.25) is 4.90 Å². The Balaban J connectivity index is 2.53. The number of hydrogen-bond acceptors (Lipinski definition) is 5. The lowest BCUT2D eigenvalue weighted by Gasteiger charge is -2.28. The van der Waals surface area contributed by atoms with Crippen molar-refractivity contribution in [3.8, 4) is 0 Å². The first-order chi connectivity index (χ1) is 11.6. The third kappa shape index (κ3) is 7.56. The number of nitrogens with zero attached hydrogens (tertiary/aromatic N) is 1. The molecule has 138 valence electrons. The summed E-state index contributed by atoms with van der Waals surface area (Å²) in [6.07, 6.45) is -1.56. The van der Waals surface area contributed by atoms with Crippen molar-refractivity contribution in [1.82, 2.24) is 10.2 Å². The van der Waals surface area contributed by atoms with Crippen LogP contribution in [0.1, 0.15) is 26.3 Å². The SMILES string of the molecule is CN(C(=O)OC(C)(C)C)[C@@H](CNC(=O)OCc1ccccc1)C(=O)O. The average molecular weight is 352 g/mol. The fourth-order valence-corrected chi connectivity index (χ4v) is 1.81. The number of nitrogens with one attached hydrogen (secondary N) is 1. The fraction of sp³-hybridized carbons (Fsp3) is 0.471. The Bertz CT molecular complexity index is 597. The van der Waals surface area contributed by atoms with Gasteiger partial charge in [0.2, 0.25) is 0 Å². The van der Waals surface area contributed by atoms with Gasteiger partial charge in [-0.1, -0.05) is 30.3 Å². The number of carboxylic acid groups (broad SMARTS) is 1. The molecule has 1 atom stereocenters. The third-order valence-electron chi connectivity index (χ3n) is 3.09. The largest absolute Gasteiger partial charge is 0.480 e. The van der Waals surface area contributed by atoms with Crippen LogP contribution >= 0.6 is 0 Å². The normalized spacial score (nSPS) is 12.0. The van der Waals surface area contributed by atoms with Crippen LogP contribution in [0.3, 0.4) is 0 Å². The summed E-state index contributed by atoms with van der Waals surface area (Å²) in [5.74, 6) is -1.27. The molecule has 8 nitrogen and oxygen atoms in total. The molecule has 0 saturated heterocycles. The number of ether oxygens (including phenoxy) is 2. The van der Waals surface area contributed by atoms with E-state index in [0.29, 0.717) is 0 Å². The smallest absolute Gasteiger partial charge is 0.410 e. The van der Waals surface area contributed by atoms with Crippen molar-refractivity contribution in [3.05, 3.63) is 35.9 Å². The molecule has 0 spiro atoms. The predicted molar refractivity (Wildman–Crippen MR) is 90.1 cm³/mol. The predicted octanol–water partition coefficient (Wildman–Crippen LogP) is 2.23. The highest BCUT2D eigenvalue weighted by atomic mass is 16.6. The lowest BCUT2D eigenvalue weighted by atomic mass is 10.2. The van der Waals surface area contributed by atoms with Crippen molar-refractivity contribution >= 4 is 18.2 Å². The summed E-state index contributed by atoms with van der Waals surface area (Å²) in [5.41, 5.74) is 0.0505. The molecule has 0 fully saturated rings. The Kier molecular flexibility index (Phi) is 7.22. The summed E-state index contributed by atoms with van der Waals surface area (Å²) < 4.78 is 10.1. The van der Waals surface area contributed by atoms with Gasteiger partial charge in [0.05, 0.1) is 6.54 Å². The summed E-state index contributed by atoms with van der Waals surface area (Å²) in [7, 11) is 1.30. The van der Waals surface area contributed by atoms with Gasteiger partial charge >= 0.3 is 18.2 Å². The molecule has 0 radical (unpaired) electrons. The fourth-order valence-electron chi connectivity index (χ4n) is 1.81. The van der Waals surface area contributed by atoms with Gasteiger partial charge in [0.25, 0.3) is 0 Å². The number of carboxylic acids is 1. The zero-order chi connectivity index (χ0) is 19.0. The molecule has 1 aromatic carbocycles. The van der Waals surface area contributed by atoms with E-state index in [1.54, 1.807) is 32.9 Å². The van der Waals surface area contributed by atoms with Crippen molar-refractivity contribution < 1.29 is 29.0 Å². The number of alkyl carbamates (subject to hydrolysis) is 1. The Morgan fingerprint density at radius 2 is 1.80 bits per heavy atom. The molecule has 2 N–H and O–H groups in total. The molecule has 0 aromatic heterocycles. The van der Waals surface area contributed by atoms with Crippen LogP contribution in [0.4, 0.5) is 9.59 Å². The van der Waals surface area contributed by atoms with Crippen LogP contribution in [0, 0.1) is 0 Å². The van der Waals surface area contributed by atoms with E-state index in [1.807, 2.05) is 18.2 Å². The minimum absolute atomic E-state index is 0.0618. The van der Waals surface area contributed by atoms with Gasteiger partial charge in [-0.15, -0.1) is 0 Å². The second-order valence-corrected chi connectivity index (χ2v) is 6.39. The van der Waals surface area contributed by atoms with Crippen molar-refractivity contribution in [3.63, 3.8) is 0 Å². The molecular formula is C17H24N2O6. The number of rotatable bonds is 6. The molecule has 0 heterocycles. The second kappa shape index (κ2) is 8.91. The Labute approximate surface area is 146 Å². The highest BCUT2D eigenvalue weighted by Crippen LogP contribution is 2.11. The quantitative estimate of drug-likeness (QED) is 0.813. The van der Waals surface area contributed by atoms with Crippen LogP contribution in [0.25, 0.3) is 0 Å².